The molecular formula is C16H15BrClN3O2S. The van der Waals surface area contributed by atoms with Gasteiger partial charge in [-0.25, -0.2) is 4.98 Å². The zero-order valence-corrected chi connectivity index (χ0v) is 16.2. The van der Waals surface area contributed by atoms with Crippen LogP contribution in [0.25, 0.3) is 0 Å². The molecule has 0 atom stereocenters. The third-order valence-corrected chi connectivity index (χ3v) is 4.32. The molecule has 0 saturated carbocycles. The molecule has 8 heteroatoms. The molecule has 1 heterocycles. The van der Waals surface area contributed by atoms with E-state index in [-0.39, 0.29) is 11.0 Å². The number of ether oxygens (including phenoxy) is 1. The molecular weight excluding hydrogens is 414 g/mol. The van der Waals surface area contributed by atoms with Gasteiger partial charge in [-0.15, -0.1) is 0 Å². The minimum atomic E-state index is -0.369. The second kappa shape index (κ2) is 8.41. The highest BCUT2D eigenvalue weighted by atomic mass is 79.9. The summed E-state index contributed by atoms with van der Waals surface area (Å²) < 4.78 is 6.23. The molecule has 2 rings (SSSR count). The number of pyridine rings is 1. The van der Waals surface area contributed by atoms with Crippen molar-refractivity contribution in [2.75, 3.05) is 11.9 Å². The number of carbonyl (C=O) groups excluding carboxylic acids is 1. The summed E-state index contributed by atoms with van der Waals surface area (Å²) in [6.45, 7) is 4.22. The molecule has 2 N–H and O–H groups in total. The lowest BCUT2D eigenvalue weighted by atomic mass is 10.2. The molecule has 1 aromatic heterocycles. The normalized spacial score (nSPS) is 10.2. The van der Waals surface area contributed by atoms with Crippen LogP contribution in [0.1, 0.15) is 23.0 Å². The van der Waals surface area contributed by atoms with Crippen LogP contribution in [-0.2, 0) is 0 Å². The predicted molar refractivity (Wildman–Crippen MR) is 103 cm³/mol. The lowest BCUT2D eigenvalue weighted by Gasteiger charge is -2.11. The third kappa shape index (κ3) is 4.90. The first kappa shape index (κ1) is 18.6. The fourth-order valence-electron chi connectivity index (χ4n) is 1.85. The number of nitrogens with one attached hydrogen (secondary N) is 2. The average Bonchev–Trinajstić information content (AvgIpc) is 2.53. The van der Waals surface area contributed by atoms with Crippen LogP contribution in [0.2, 0.25) is 5.02 Å². The molecule has 0 spiro atoms. The van der Waals surface area contributed by atoms with E-state index >= 15 is 0 Å². The van der Waals surface area contributed by atoms with Gasteiger partial charge in [0, 0.05) is 10.0 Å². The second-order valence-electron chi connectivity index (χ2n) is 4.75. The Hall–Kier alpha value is -1.70. The first-order valence-corrected chi connectivity index (χ1v) is 8.66. The summed E-state index contributed by atoms with van der Waals surface area (Å²) in [6, 6.07) is 8.41. The number of amides is 1. The van der Waals surface area contributed by atoms with E-state index in [9.17, 15) is 4.79 Å². The highest BCUT2D eigenvalue weighted by molar-refractivity contribution is 9.10. The molecule has 2 aromatic rings. The van der Waals surface area contributed by atoms with Crippen LogP contribution in [-0.4, -0.2) is 22.6 Å². The molecule has 0 bridgehead atoms. The maximum absolute atomic E-state index is 12.2. The highest BCUT2D eigenvalue weighted by Crippen LogP contribution is 2.25. The van der Waals surface area contributed by atoms with Gasteiger partial charge in [0.2, 0.25) is 0 Å². The van der Waals surface area contributed by atoms with Gasteiger partial charge >= 0.3 is 0 Å². The molecule has 0 unspecified atom stereocenters. The Morgan fingerprint density at radius 2 is 2.12 bits per heavy atom. The average molecular weight is 429 g/mol. The monoisotopic (exact) mass is 427 g/mol. The van der Waals surface area contributed by atoms with Crippen LogP contribution in [0, 0.1) is 6.92 Å². The van der Waals surface area contributed by atoms with E-state index in [1.54, 1.807) is 18.2 Å². The summed E-state index contributed by atoms with van der Waals surface area (Å²) >= 11 is 14.6. The van der Waals surface area contributed by atoms with E-state index in [0.29, 0.717) is 28.8 Å². The fourth-order valence-corrected chi connectivity index (χ4v) is 2.50. The lowest BCUT2D eigenvalue weighted by Crippen LogP contribution is -2.34. The Morgan fingerprint density at radius 1 is 1.38 bits per heavy atom. The largest absolute Gasteiger partial charge is 0.492 e. The number of hydrogen-bond donors (Lipinski definition) is 2. The van der Waals surface area contributed by atoms with Crippen molar-refractivity contribution >= 4 is 56.6 Å². The number of aromatic nitrogens is 1. The fraction of sp³-hybridized carbons (Fsp3) is 0.188. The Labute approximate surface area is 158 Å². The van der Waals surface area contributed by atoms with Crippen LogP contribution >= 0.6 is 39.7 Å². The van der Waals surface area contributed by atoms with Crippen molar-refractivity contribution in [1.29, 1.82) is 0 Å². The third-order valence-electron chi connectivity index (χ3n) is 2.98. The Balaban J connectivity index is 2.02. The van der Waals surface area contributed by atoms with Crippen molar-refractivity contribution < 1.29 is 9.53 Å². The van der Waals surface area contributed by atoms with Gasteiger partial charge in [0.05, 0.1) is 17.3 Å². The molecule has 0 aliphatic carbocycles. The van der Waals surface area contributed by atoms with E-state index in [1.807, 2.05) is 19.9 Å². The van der Waals surface area contributed by atoms with Crippen molar-refractivity contribution in [1.82, 2.24) is 10.3 Å². The first-order chi connectivity index (χ1) is 11.4. The number of halogens is 2. The lowest BCUT2D eigenvalue weighted by molar-refractivity contribution is 0.0977. The van der Waals surface area contributed by atoms with Crippen molar-refractivity contribution in [3.8, 4) is 5.75 Å². The van der Waals surface area contributed by atoms with Crippen LogP contribution in [0.5, 0.6) is 5.75 Å². The minimum absolute atomic E-state index is 0.152. The van der Waals surface area contributed by atoms with Gasteiger partial charge in [-0.05, 0) is 72.3 Å². The summed E-state index contributed by atoms with van der Waals surface area (Å²) in [4.78, 5) is 16.5. The zero-order chi connectivity index (χ0) is 17.7. The molecule has 5 nitrogen and oxygen atoms in total. The number of hydrogen-bond acceptors (Lipinski definition) is 4. The van der Waals surface area contributed by atoms with Gasteiger partial charge < -0.3 is 10.1 Å². The predicted octanol–water partition coefficient (Wildman–Crippen LogP) is 4.33. The van der Waals surface area contributed by atoms with Crippen molar-refractivity contribution in [2.45, 2.75) is 13.8 Å². The zero-order valence-electron chi connectivity index (χ0n) is 13.0. The van der Waals surface area contributed by atoms with E-state index in [1.165, 1.54) is 6.07 Å². The van der Waals surface area contributed by atoms with E-state index < -0.39 is 0 Å². The minimum Gasteiger partial charge on any atom is -0.492 e. The van der Waals surface area contributed by atoms with Gasteiger partial charge in [-0.3, -0.25) is 10.1 Å². The number of benzene rings is 1. The molecule has 0 fully saturated rings. The molecule has 0 aliphatic rings. The standard InChI is InChI=1S/C16H15BrClN3O2S/c1-3-23-13-6-4-10(8-12(13)18)15(22)21-16(24)20-14-7-5-11(17)9(2)19-14/h4-8H,3H2,1-2H3,(H2,19,20,21,22,24). The van der Waals surface area contributed by atoms with Gasteiger partial charge in [0.15, 0.2) is 5.11 Å². The maximum atomic E-state index is 12.2. The first-order valence-electron chi connectivity index (χ1n) is 7.08. The van der Waals surface area contributed by atoms with Crippen LogP contribution < -0.4 is 15.4 Å². The molecule has 1 amide bonds. The maximum Gasteiger partial charge on any atom is 0.257 e. The highest BCUT2D eigenvalue weighted by Gasteiger charge is 2.11. The van der Waals surface area contributed by atoms with Crippen molar-refractivity contribution in [2.24, 2.45) is 0 Å². The van der Waals surface area contributed by atoms with E-state index in [0.717, 1.165) is 10.2 Å². The van der Waals surface area contributed by atoms with Gasteiger partial charge in [-0.2, -0.15) is 0 Å². The Kier molecular flexibility index (Phi) is 6.53. The number of thiocarbonyl (C=S) groups is 1. The number of rotatable bonds is 4. The summed E-state index contributed by atoms with van der Waals surface area (Å²) in [5.41, 5.74) is 1.19. The van der Waals surface area contributed by atoms with Gasteiger partial charge in [0.1, 0.15) is 11.6 Å². The van der Waals surface area contributed by atoms with Crippen LogP contribution in [0.15, 0.2) is 34.8 Å². The molecule has 126 valence electrons. The summed E-state index contributed by atoms with van der Waals surface area (Å²) in [6.07, 6.45) is 0. The van der Waals surface area contributed by atoms with E-state index in [4.69, 9.17) is 28.6 Å². The number of carbonyl (C=O) groups is 1. The Morgan fingerprint density at radius 3 is 2.75 bits per heavy atom. The van der Waals surface area contributed by atoms with Crippen molar-refractivity contribution in [3.63, 3.8) is 0 Å². The van der Waals surface area contributed by atoms with Gasteiger partial charge in [0.25, 0.3) is 5.91 Å². The van der Waals surface area contributed by atoms with Crippen molar-refractivity contribution in [3.05, 3.63) is 51.1 Å². The topological polar surface area (TPSA) is 63.2 Å². The quantitative estimate of drug-likeness (QED) is 0.710. The molecule has 24 heavy (non-hydrogen) atoms. The number of nitrogens with zero attached hydrogens (tertiary/aromatic N) is 1. The summed E-state index contributed by atoms with van der Waals surface area (Å²) in [5, 5.41) is 5.98. The smallest absolute Gasteiger partial charge is 0.257 e. The molecule has 0 saturated heterocycles. The number of anilines is 1. The SMILES string of the molecule is CCOc1ccc(C(=O)NC(=S)Nc2ccc(Br)c(C)n2)cc1Cl. The van der Waals surface area contributed by atoms with E-state index in [2.05, 4.69) is 31.5 Å². The van der Waals surface area contributed by atoms with Gasteiger partial charge in [-0.1, -0.05) is 11.6 Å². The summed E-state index contributed by atoms with van der Waals surface area (Å²) in [5.74, 6) is 0.711. The number of aryl methyl sites for hydroxylation is 1. The van der Waals surface area contributed by atoms with Crippen LogP contribution in [0.4, 0.5) is 5.82 Å². The Bertz CT molecular complexity index is 786. The second-order valence-corrected chi connectivity index (χ2v) is 6.42. The molecule has 0 aliphatic heterocycles. The summed E-state index contributed by atoms with van der Waals surface area (Å²) in [7, 11) is 0. The molecule has 0 radical (unpaired) electrons. The van der Waals surface area contributed by atoms with Crippen LogP contribution in [0.3, 0.4) is 0 Å². The molecule has 1 aromatic carbocycles.